The topological polar surface area (TPSA) is 75.8 Å². The lowest BCUT2D eigenvalue weighted by molar-refractivity contribution is 0.0732. The Morgan fingerprint density at radius 1 is 1.30 bits per heavy atom. The van der Waals surface area contributed by atoms with Gasteiger partial charge in [-0.1, -0.05) is 12.5 Å². The maximum absolute atomic E-state index is 5.27. The van der Waals surface area contributed by atoms with Crippen molar-refractivity contribution in [3.8, 4) is 0 Å². The third-order valence-corrected chi connectivity index (χ3v) is 5.36. The number of methoxy groups -OCH3 is 1. The van der Waals surface area contributed by atoms with Gasteiger partial charge in [-0.15, -0.1) is 34.2 Å². The zero-order chi connectivity index (χ0) is 18.2. The monoisotopic (exact) mass is 486 g/mol. The van der Waals surface area contributed by atoms with Gasteiger partial charge < -0.3 is 15.4 Å². The van der Waals surface area contributed by atoms with Crippen molar-refractivity contribution in [2.24, 2.45) is 10.4 Å². The van der Waals surface area contributed by atoms with E-state index in [4.69, 9.17) is 4.74 Å². The zero-order valence-corrected chi connectivity index (χ0v) is 18.6. The smallest absolute Gasteiger partial charge is 0.190 e. The number of ether oxygens (including phenoxy) is 1. The van der Waals surface area contributed by atoms with Crippen LogP contribution in [0.1, 0.15) is 37.9 Å². The predicted octanol–water partition coefficient (Wildman–Crippen LogP) is 2.65. The Hall–Kier alpha value is -1.42. The van der Waals surface area contributed by atoms with Crippen molar-refractivity contribution in [2.75, 3.05) is 33.9 Å². The third kappa shape index (κ3) is 5.78. The molecule has 0 aromatic carbocycles. The first-order chi connectivity index (χ1) is 12.8. The maximum atomic E-state index is 5.27. The Labute approximate surface area is 178 Å². The first kappa shape index (κ1) is 21.9. The van der Waals surface area contributed by atoms with E-state index in [0.29, 0.717) is 5.41 Å². The van der Waals surface area contributed by atoms with Gasteiger partial charge in [-0.05, 0) is 43.2 Å². The number of nitrogens with zero attached hydrogens (tertiary/aromatic N) is 4. The summed E-state index contributed by atoms with van der Waals surface area (Å²) in [6, 6.07) is 5.96. The molecule has 7 nitrogen and oxygen atoms in total. The Bertz CT molecular complexity index is 728. The number of hydrogen-bond acceptors (Lipinski definition) is 4. The van der Waals surface area contributed by atoms with Gasteiger partial charge in [-0.25, -0.2) is 0 Å². The predicted molar refractivity (Wildman–Crippen MR) is 119 cm³/mol. The molecule has 0 radical (unpaired) electrons. The molecule has 8 heteroatoms. The van der Waals surface area contributed by atoms with Crippen LogP contribution in [-0.4, -0.2) is 54.4 Å². The molecule has 0 aliphatic heterocycles. The fourth-order valence-electron chi connectivity index (χ4n) is 3.52. The average Bonchev–Trinajstić information content (AvgIpc) is 3.05. The molecule has 150 valence electrons. The lowest BCUT2D eigenvalue weighted by Crippen LogP contribution is -2.47. The number of aliphatic imine (C=N–C) groups is 1. The molecule has 1 fully saturated rings. The van der Waals surface area contributed by atoms with Crippen LogP contribution in [0.2, 0.25) is 0 Å². The summed E-state index contributed by atoms with van der Waals surface area (Å²) in [4.78, 5) is 4.34. The molecule has 0 atom stereocenters. The van der Waals surface area contributed by atoms with Crippen molar-refractivity contribution in [3.05, 3.63) is 30.2 Å². The minimum atomic E-state index is 0. The van der Waals surface area contributed by atoms with Gasteiger partial charge in [0.2, 0.25) is 0 Å². The summed E-state index contributed by atoms with van der Waals surface area (Å²) in [7, 11) is 3.60. The Morgan fingerprint density at radius 3 is 2.85 bits per heavy atom. The molecule has 0 saturated heterocycles. The number of fused-ring (bicyclic) bond motifs is 1. The molecule has 0 bridgehead atoms. The Balaban J connectivity index is 0.00000261. The molecule has 1 aliphatic rings. The number of nitrogens with one attached hydrogen (secondary N) is 2. The van der Waals surface area contributed by atoms with E-state index in [1.165, 1.54) is 19.3 Å². The number of pyridine rings is 1. The SMILES string of the molecule is CN=C(NCCCc1nnc2ccccn12)NCC1(CCOC)CCC1.I. The van der Waals surface area contributed by atoms with Gasteiger partial charge in [0.1, 0.15) is 5.82 Å². The van der Waals surface area contributed by atoms with Crippen LogP contribution in [0.3, 0.4) is 0 Å². The van der Waals surface area contributed by atoms with Gasteiger partial charge >= 0.3 is 0 Å². The molecule has 1 saturated carbocycles. The van der Waals surface area contributed by atoms with Crippen molar-refractivity contribution in [3.63, 3.8) is 0 Å². The van der Waals surface area contributed by atoms with Gasteiger partial charge in [0.05, 0.1) is 0 Å². The number of rotatable bonds is 9. The van der Waals surface area contributed by atoms with Gasteiger partial charge in [-0.2, -0.15) is 0 Å². The highest BCUT2D eigenvalue weighted by Gasteiger charge is 2.36. The Kier molecular flexibility index (Phi) is 8.75. The molecular weight excluding hydrogens is 455 g/mol. The van der Waals surface area contributed by atoms with Crippen molar-refractivity contribution in [1.29, 1.82) is 0 Å². The second-order valence-electron chi connectivity index (χ2n) is 7.10. The summed E-state index contributed by atoms with van der Waals surface area (Å²) in [5, 5.41) is 15.4. The van der Waals surface area contributed by atoms with Crippen molar-refractivity contribution in [2.45, 2.75) is 38.5 Å². The molecule has 27 heavy (non-hydrogen) atoms. The van der Waals surface area contributed by atoms with Crippen LogP contribution in [-0.2, 0) is 11.2 Å². The fraction of sp³-hybridized carbons (Fsp3) is 0.632. The van der Waals surface area contributed by atoms with Gasteiger partial charge in [0.25, 0.3) is 0 Å². The molecule has 0 amide bonds. The second-order valence-corrected chi connectivity index (χ2v) is 7.10. The summed E-state index contributed by atoms with van der Waals surface area (Å²) in [6.07, 6.45) is 8.87. The van der Waals surface area contributed by atoms with E-state index < -0.39 is 0 Å². The molecule has 2 aromatic rings. The normalized spacial score (nSPS) is 15.9. The summed E-state index contributed by atoms with van der Waals surface area (Å²) in [5.41, 5.74) is 1.28. The van der Waals surface area contributed by atoms with E-state index in [2.05, 4.69) is 25.8 Å². The van der Waals surface area contributed by atoms with Gasteiger partial charge in [0.15, 0.2) is 11.6 Å². The van der Waals surface area contributed by atoms with Crippen molar-refractivity contribution < 1.29 is 4.74 Å². The Morgan fingerprint density at radius 2 is 2.15 bits per heavy atom. The molecule has 2 N–H and O–H groups in total. The first-order valence-corrected chi connectivity index (χ1v) is 9.48. The highest BCUT2D eigenvalue weighted by Crippen LogP contribution is 2.43. The minimum Gasteiger partial charge on any atom is -0.385 e. The van der Waals surface area contributed by atoms with Crippen LogP contribution < -0.4 is 10.6 Å². The van der Waals surface area contributed by atoms with E-state index in [9.17, 15) is 0 Å². The number of halogens is 1. The largest absolute Gasteiger partial charge is 0.385 e. The molecule has 2 heterocycles. The van der Waals surface area contributed by atoms with Crippen LogP contribution in [0.5, 0.6) is 0 Å². The number of hydrogen-bond donors (Lipinski definition) is 2. The van der Waals surface area contributed by atoms with E-state index in [-0.39, 0.29) is 24.0 Å². The van der Waals surface area contributed by atoms with E-state index in [1.807, 2.05) is 35.8 Å². The van der Waals surface area contributed by atoms with Gasteiger partial charge in [-0.3, -0.25) is 9.39 Å². The molecule has 0 unspecified atom stereocenters. The van der Waals surface area contributed by atoms with Gasteiger partial charge in [0, 0.05) is 46.5 Å². The minimum absolute atomic E-state index is 0. The zero-order valence-electron chi connectivity index (χ0n) is 16.3. The number of aromatic nitrogens is 3. The molecule has 2 aromatic heterocycles. The lowest BCUT2D eigenvalue weighted by Gasteiger charge is -2.42. The van der Waals surface area contributed by atoms with E-state index in [0.717, 1.165) is 56.4 Å². The molecular formula is C19H31IN6O. The van der Waals surface area contributed by atoms with Crippen molar-refractivity contribution >= 4 is 35.6 Å². The second kappa shape index (κ2) is 10.8. The van der Waals surface area contributed by atoms with Crippen LogP contribution in [0.15, 0.2) is 29.4 Å². The summed E-state index contributed by atoms with van der Waals surface area (Å²) in [5.74, 6) is 1.87. The number of aryl methyl sites for hydroxylation is 1. The summed E-state index contributed by atoms with van der Waals surface area (Å²) < 4.78 is 7.31. The van der Waals surface area contributed by atoms with Crippen LogP contribution in [0.25, 0.3) is 5.65 Å². The maximum Gasteiger partial charge on any atom is 0.190 e. The first-order valence-electron chi connectivity index (χ1n) is 9.48. The summed E-state index contributed by atoms with van der Waals surface area (Å²) >= 11 is 0. The number of guanidine groups is 1. The average molecular weight is 486 g/mol. The van der Waals surface area contributed by atoms with E-state index in [1.54, 1.807) is 7.11 Å². The standard InChI is InChI=1S/C19H30N6O.HI/c1-20-18(22-15-19(9-6-10-19)11-14-26-2)21-12-5-8-17-24-23-16-7-3-4-13-25(16)17;/h3-4,7,13H,5-6,8-12,14-15H2,1-2H3,(H2,20,21,22);1H. The molecule has 3 rings (SSSR count). The fourth-order valence-corrected chi connectivity index (χ4v) is 3.52. The quantitative estimate of drug-likeness (QED) is 0.247. The van der Waals surface area contributed by atoms with Crippen molar-refractivity contribution in [1.82, 2.24) is 25.2 Å². The lowest BCUT2D eigenvalue weighted by atomic mass is 9.67. The van der Waals surface area contributed by atoms with E-state index >= 15 is 0 Å². The summed E-state index contributed by atoms with van der Waals surface area (Å²) in [6.45, 7) is 2.65. The molecule has 0 spiro atoms. The van der Waals surface area contributed by atoms with Crippen LogP contribution in [0, 0.1) is 5.41 Å². The third-order valence-electron chi connectivity index (χ3n) is 5.36. The highest BCUT2D eigenvalue weighted by atomic mass is 127. The van der Waals surface area contributed by atoms with Crippen LogP contribution in [0.4, 0.5) is 0 Å². The molecule has 1 aliphatic carbocycles. The highest BCUT2D eigenvalue weighted by molar-refractivity contribution is 14.0. The van der Waals surface area contributed by atoms with Crippen LogP contribution >= 0.6 is 24.0 Å².